The summed E-state index contributed by atoms with van der Waals surface area (Å²) < 4.78 is 13.0. The summed E-state index contributed by atoms with van der Waals surface area (Å²) in [6.45, 7) is 4.28. The van der Waals surface area contributed by atoms with Gasteiger partial charge in [0.05, 0.1) is 5.69 Å². The highest BCUT2D eigenvalue weighted by molar-refractivity contribution is 5.84. The molecule has 0 spiro atoms. The Morgan fingerprint density at radius 1 is 1.13 bits per heavy atom. The lowest BCUT2D eigenvalue weighted by Gasteiger charge is -2.23. The van der Waals surface area contributed by atoms with Crippen molar-refractivity contribution in [2.45, 2.75) is 32.3 Å². The molecule has 0 fully saturated rings. The van der Waals surface area contributed by atoms with Crippen molar-refractivity contribution in [3.63, 3.8) is 0 Å². The number of benzene rings is 2. The summed E-state index contributed by atoms with van der Waals surface area (Å²) in [6, 6.07) is 11.9. The molecule has 2 N–H and O–H groups in total. The number of aliphatic hydroxyl groups is 1. The summed E-state index contributed by atoms with van der Waals surface area (Å²) in [5.41, 5.74) is 2.28. The molecule has 0 saturated heterocycles. The molecular weight excluding hydrogens is 291 g/mol. The van der Waals surface area contributed by atoms with Gasteiger partial charge in [0.1, 0.15) is 11.4 Å². The van der Waals surface area contributed by atoms with Crippen LogP contribution in [0.4, 0.5) is 21.5 Å². The van der Waals surface area contributed by atoms with E-state index in [9.17, 15) is 9.50 Å². The predicted molar refractivity (Wildman–Crippen MR) is 92.2 cm³/mol. The first-order valence-corrected chi connectivity index (χ1v) is 7.91. The molecule has 2 aromatic rings. The summed E-state index contributed by atoms with van der Waals surface area (Å²) in [5.74, 6) is 0.262. The minimum atomic E-state index is -1.000. The molecule has 2 aromatic carbocycles. The third-order valence-electron chi connectivity index (χ3n) is 4.12. The van der Waals surface area contributed by atoms with Gasteiger partial charge in [0, 0.05) is 23.2 Å². The molecule has 1 heterocycles. The average Bonchev–Trinajstić information content (AvgIpc) is 2.85. The van der Waals surface area contributed by atoms with Gasteiger partial charge in [-0.25, -0.2) is 4.39 Å². The number of nitrogens with one attached hydrogen (secondary N) is 1. The zero-order valence-corrected chi connectivity index (χ0v) is 13.4. The van der Waals surface area contributed by atoms with E-state index in [1.165, 1.54) is 12.1 Å². The molecule has 23 heavy (non-hydrogen) atoms. The Hall–Kier alpha value is -2.20. The molecule has 1 unspecified atom stereocenters. The number of hydrogen-bond donors (Lipinski definition) is 2. The second kappa shape index (κ2) is 6.13. The zero-order chi connectivity index (χ0) is 16.4. The molecule has 0 aliphatic carbocycles. The van der Waals surface area contributed by atoms with Crippen LogP contribution in [-0.2, 0) is 5.60 Å². The van der Waals surface area contributed by atoms with Crippen LogP contribution < -0.4 is 5.32 Å². The summed E-state index contributed by atoms with van der Waals surface area (Å²) in [6.07, 6.45) is 3.22. The molecule has 0 amide bonds. The third-order valence-corrected chi connectivity index (χ3v) is 4.12. The van der Waals surface area contributed by atoms with Crippen molar-refractivity contribution in [2.24, 2.45) is 10.9 Å². The van der Waals surface area contributed by atoms with E-state index >= 15 is 0 Å². The van der Waals surface area contributed by atoms with Crippen molar-refractivity contribution in [2.75, 3.05) is 5.32 Å². The Kier molecular flexibility index (Phi) is 4.18. The van der Waals surface area contributed by atoms with E-state index in [2.05, 4.69) is 24.2 Å². The molecule has 120 valence electrons. The Morgan fingerprint density at radius 2 is 1.83 bits per heavy atom. The van der Waals surface area contributed by atoms with Gasteiger partial charge >= 0.3 is 0 Å². The molecule has 4 heteroatoms. The number of fused-ring (bicyclic) bond motifs is 1. The van der Waals surface area contributed by atoms with Gasteiger partial charge in [-0.1, -0.05) is 13.8 Å². The fourth-order valence-electron chi connectivity index (χ4n) is 2.73. The van der Waals surface area contributed by atoms with Crippen molar-refractivity contribution in [3.8, 4) is 0 Å². The predicted octanol–water partition coefficient (Wildman–Crippen LogP) is 4.91. The Labute approximate surface area is 135 Å². The van der Waals surface area contributed by atoms with Gasteiger partial charge < -0.3 is 10.4 Å². The van der Waals surface area contributed by atoms with Crippen LogP contribution in [-0.4, -0.2) is 11.3 Å². The first-order chi connectivity index (χ1) is 11.0. The Balaban J connectivity index is 1.83. The lowest BCUT2D eigenvalue weighted by atomic mass is 9.88. The largest absolute Gasteiger partial charge is 0.379 e. The van der Waals surface area contributed by atoms with Crippen molar-refractivity contribution < 1.29 is 9.50 Å². The molecule has 1 aliphatic heterocycles. The third kappa shape index (κ3) is 3.42. The monoisotopic (exact) mass is 312 g/mol. The summed E-state index contributed by atoms with van der Waals surface area (Å²) in [7, 11) is 0. The number of rotatable bonds is 5. The summed E-state index contributed by atoms with van der Waals surface area (Å²) in [5, 5.41) is 14.1. The second-order valence-corrected chi connectivity index (χ2v) is 6.48. The Morgan fingerprint density at radius 3 is 2.52 bits per heavy atom. The quantitative estimate of drug-likeness (QED) is 0.824. The van der Waals surface area contributed by atoms with Crippen LogP contribution in [0.1, 0.15) is 32.3 Å². The van der Waals surface area contributed by atoms with Crippen LogP contribution >= 0.6 is 0 Å². The molecule has 0 radical (unpaired) electrons. The van der Waals surface area contributed by atoms with Gasteiger partial charge in [0.25, 0.3) is 0 Å². The van der Waals surface area contributed by atoms with Crippen molar-refractivity contribution in [1.29, 1.82) is 0 Å². The average molecular weight is 312 g/mol. The highest BCUT2D eigenvalue weighted by Gasteiger charge is 2.34. The standard InChI is InChI=1S/C19H21FN2O/c1-13(2)9-10-19(23)12-21-18-8-7-16(11-17(18)19)22-15-5-3-14(20)4-6-15/h3-8,11-13,22-23H,9-10H2,1-2H3. The van der Waals surface area contributed by atoms with Crippen LogP contribution in [0.3, 0.4) is 0 Å². The van der Waals surface area contributed by atoms with E-state index in [4.69, 9.17) is 0 Å². The number of halogens is 1. The Bertz CT molecular complexity index is 725. The van der Waals surface area contributed by atoms with Crippen LogP contribution in [0.25, 0.3) is 0 Å². The molecule has 3 nitrogen and oxygen atoms in total. The van der Waals surface area contributed by atoms with Crippen molar-refractivity contribution in [3.05, 3.63) is 53.8 Å². The lowest BCUT2D eigenvalue weighted by Crippen LogP contribution is -2.25. The molecule has 0 bridgehead atoms. The molecule has 1 aliphatic rings. The molecule has 3 rings (SSSR count). The van der Waals surface area contributed by atoms with Gasteiger partial charge in [-0.15, -0.1) is 0 Å². The lowest BCUT2D eigenvalue weighted by molar-refractivity contribution is 0.103. The minimum absolute atomic E-state index is 0.263. The van der Waals surface area contributed by atoms with Gasteiger partial charge in [0.2, 0.25) is 0 Å². The number of hydrogen-bond acceptors (Lipinski definition) is 3. The zero-order valence-electron chi connectivity index (χ0n) is 13.4. The maximum absolute atomic E-state index is 13.0. The van der Waals surface area contributed by atoms with Gasteiger partial charge in [-0.05, 0) is 61.2 Å². The highest BCUT2D eigenvalue weighted by atomic mass is 19.1. The first-order valence-electron chi connectivity index (χ1n) is 7.91. The van der Waals surface area contributed by atoms with Gasteiger partial charge in [-0.3, -0.25) is 4.99 Å². The van der Waals surface area contributed by atoms with Crippen molar-refractivity contribution >= 4 is 23.3 Å². The summed E-state index contributed by atoms with van der Waals surface area (Å²) in [4.78, 5) is 4.34. The molecule has 0 saturated carbocycles. The van der Waals surface area contributed by atoms with Gasteiger partial charge in [-0.2, -0.15) is 0 Å². The topological polar surface area (TPSA) is 44.6 Å². The highest BCUT2D eigenvalue weighted by Crippen LogP contribution is 2.40. The maximum Gasteiger partial charge on any atom is 0.127 e. The van der Waals surface area contributed by atoms with Crippen LogP contribution in [0.15, 0.2) is 47.5 Å². The fraction of sp³-hybridized carbons (Fsp3) is 0.316. The van der Waals surface area contributed by atoms with Gasteiger partial charge in [0.15, 0.2) is 0 Å². The van der Waals surface area contributed by atoms with E-state index in [-0.39, 0.29) is 5.82 Å². The normalized spacial score (nSPS) is 19.2. The number of aliphatic imine (C=N–C) groups is 1. The SMILES string of the molecule is CC(C)CCC1(O)C=Nc2ccc(Nc3ccc(F)cc3)cc21. The minimum Gasteiger partial charge on any atom is -0.379 e. The van der Waals surface area contributed by atoms with Crippen LogP contribution in [0, 0.1) is 11.7 Å². The van der Waals surface area contributed by atoms with E-state index in [1.54, 1.807) is 18.3 Å². The number of nitrogens with zero attached hydrogens (tertiary/aromatic N) is 1. The fourth-order valence-corrected chi connectivity index (χ4v) is 2.73. The molecule has 1 atom stereocenters. The second-order valence-electron chi connectivity index (χ2n) is 6.48. The maximum atomic E-state index is 13.0. The first kappa shape index (κ1) is 15.7. The van der Waals surface area contributed by atoms with Crippen molar-refractivity contribution in [1.82, 2.24) is 0 Å². The van der Waals surface area contributed by atoms with Crippen LogP contribution in [0.2, 0.25) is 0 Å². The molecule has 0 aromatic heterocycles. The van der Waals surface area contributed by atoms with E-state index < -0.39 is 5.60 Å². The van der Waals surface area contributed by atoms with E-state index in [0.717, 1.165) is 29.0 Å². The van der Waals surface area contributed by atoms with Crippen LogP contribution in [0.5, 0.6) is 0 Å². The smallest absolute Gasteiger partial charge is 0.127 e. The number of anilines is 2. The molecular formula is C19H21FN2O. The van der Waals surface area contributed by atoms with E-state index in [1.807, 2.05) is 18.2 Å². The van der Waals surface area contributed by atoms with E-state index in [0.29, 0.717) is 12.3 Å². The summed E-state index contributed by atoms with van der Waals surface area (Å²) >= 11 is 0.